The molecule has 0 aliphatic heterocycles. The third-order valence-electron chi connectivity index (χ3n) is 14.2. The first kappa shape index (κ1) is 27.2. The van der Waals surface area contributed by atoms with Crippen molar-refractivity contribution in [2.24, 2.45) is 56.7 Å². The van der Waals surface area contributed by atoms with E-state index in [4.69, 9.17) is 0 Å². The van der Waals surface area contributed by atoms with Gasteiger partial charge in [-0.2, -0.15) is 0 Å². The Morgan fingerprint density at radius 3 is 2.22 bits per heavy atom. The van der Waals surface area contributed by atoms with Crippen LogP contribution in [0.4, 0.5) is 0 Å². The lowest BCUT2D eigenvalue weighted by molar-refractivity contribution is -0.241. The summed E-state index contributed by atoms with van der Waals surface area (Å²) in [5.41, 5.74) is 2.24. The maximum Gasteiger partial charge on any atom is 0.0641 e. The largest absolute Gasteiger partial charge is 0.396 e. The summed E-state index contributed by atoms with van der Waals surface area (Å²) in [7, 11) is 0. The third kappa shape index (κ3) is 3.45. The normalized spacial score (nSPS) is 51.6. The van der Waals surface area contributed by atoms with Crippen molar-refractivity contribution in [3.8, 4) is 0 Å². The van der Waals surface area contributed by atoms with Crippen LogP contribution >= 0.6 is 0 Å². The van der Waals surface area contributed by atoms with E-state index in [-0.39, 0.29) is 29.5 Å². The number of hydrogen-bond acceptors (Lipinski definition) is 4. The number of aliphatic hydroxyl groups excluding tert-OH is 3. The van der Waals surface area contributed by atoms with Crippen molar-refractivity contribution in [1.82, 2.24) is 5.32 Å². The van der Waals surface area contributed by atoms with Gasteiger partial charge in [-0.15, -0.1) is 0 Å². The summed E-state index contributed by atoms with van der Waals surface area (Å²) in [6.45, 7) is 18.6. The van der Waals surface area contributed by atoms with Crippen molar-refractivity contribution in [3.63, 3.8) is 0 Å². The van der Waals surface area contributed by atoms with Crippen LogP contribution in [0, 0.1) is 56.7 Å². The Morgan fingerprint density at radius 1 is 0.806 bits per heavy atom. The summed E-state index contributed by atoms with van der Waals surface area (Å²) < 4.78 is 0. The van der Waals surface area contributed by atoms with Crippen molar-refractivity contribution in [1.29, 1.82) is 0 Å². The molecule has 0 saturated heterocycles. The molecule has 0 aromatic rings. The van der Waals surface area contributed by atoms with Crippen molar-refractivity contribution < 1.29 is 15.3 Å². The van der Waals surface area contributed by atoms with Gasteiger partial charge in [-0.1, -0.05) is 41.2 Å². The minimum atomic E-state index is 0.0374. The van der Waals surface area contributed by atoms with E-state index in [1.807, 2.05) is 0 Å². The van der Waals surface area contributed by atoms with E-state index in [2.05, 4.69) is 46.5 Å². The predicted molar refractivity (Wildman–Crippen MR) is 146 cm³/mol. The van der Waals surface area contributed by atoms with Gasteiger partial charge in [0.15, 0.2) is 0 Å². The SMILES string of the molecule is C=C(CO)[C@@H]1CC[C@]2(CO)CC[C@]3(C)C(CCC4[C@@]5(C)CCC(NCCO)C(C)(C)C5CC[C@]43C)C12. The molecule has 206 valence electrons. The second-order valence-corrected chi connectivity index (χ2v) is 15.3. The zero-order chi connectivity index (χ0) is 26.1. The minimum absolute atomic E-state index is 0.0374. The first-order valence-corrected chi connectivity index (χ1v) is 15.2. The van der Waals surface area contributed by atoms with Crippen LogP contribution in [0.15, 0.2) is 12.2 Å². The number of fused-ring (bicyclic) bond motifs is 7. The molecule has 5 rings (SSSR count). The van der Waals surface area contributed by atoms with Gasteiger partial charge in [-0.05, 0) is 126 Å². The lowest BCUT2D eigenvalue weighted by atomic mass is 9.32. The van der Waals surface area contributed by atoms with Crippen molar-refractivity contribution in [3.05, 3.63) is 12.2 Å². The molecule has 36 heavy (non-hydrogen) atoms. The Morgan fingerprint density at radius 2 is 1.56 bits per heavy atom. The van der Waals surface area contributed by atoms with Crippen LogP contribution in [-0.2, 0) is 0 Å². The van der Waals surface area contributed by atoms with Gasteiger partial charge >= 0.3 is 0 Å². The zero-order valence-corrected chi connectivity index (χ0v) is 23.9. The lowest BCUT2D eigenvalue weighted by Gasteiger charge is -2.73. The Hall–Kier alpha value is -0.420. The van der Waals surface area contributed by atoms with Gasteiger partial charge in [0.1, 0.15) is 0 Å². The molecule has 5 fully saturated rings. The molecule has 4 nitrogen and oxygen atoms in total. The smallest absolute Gasteiger partial charge is 0.0641 e. The monoisotopic (exact) mass is 501 g/mol. The molecule has 5 saturated carbocycles. The molecule has 0 radical (unpaired) electrons. The number of hydrogen-bond donors (Lipinski definition) is 4. The van der Waals surface area contributed by atoms with E-state index >= 15 is 0 Å². The van der Waals surface area contributed by atoms with E-state index in [0.29, 0.717) is 53.7 Å². The van der Waals surface area contributed by atoms with Gasteiger partial charge in [-0.3, -0.25) is 0 Å². The molecule has 0 amide bonds. The van der Waals surface area contributed by atoms with Crippen molar-refractivity contribution >= 4 is 0 Å². The highest BCUT2D eigenvalue weighted by Gasteiger charge is 2.70. The summed E-state index contributed by atoms with van der Waals surface area (Å²) >= 11 is 0. The number of aliphatic hydroxyl groups is 3. The average Bonchev–Trinajstić information content (AvgIpc) is 3.23. The molecule has 0 bridgehead atoms. The Bertz CT molecular complexity index is 856. The fourth-order valence-electron chi connectivity index (χ4n) is 12.2. The maximum atomic E-state index is 10.7. The summed E-state index contributed by atoms with van der Waals surface area (Å²) in [6, 6.07) is 0.489. The molecular weight excluding hydrogens is 446 g/mol. The second kappa shape index (κ2) is 9.07. The van der Waals surface area contributed by atoms with Crippen molar-refractivity contribution in [2.45, 2.75) is 105 Å². The van der Waals surface area contributed by atoms with Gasteiger partial charge in [0.25, 0.3) is 0 Å². The molecule has 0 heterocycles. The Kier molecular flexibility index (Phi) is 6.84. The van der Waals surface area contributed by atoms with Gasteiger partial charge in [0.05, 0.1) is 13.2 Å². The van der Waals surface area contributed by atoms with Gasteiger partial charge in [0, 0.05) is 19.2 Å². The van der Waals surface area contributed by atoms with Crippen LogP contribution in [0.25, 0.3) is 0 Å². The van der Waals surface area contributed by atoms with Crippen LogP contribution in [0.5, 0.6) is 0 Å². The summed E-state index contributed by atoms with van der Waals surface area (Å²) in [6.07, 6.45) is 12.3. The highest BCUT2D eigenvalue weighted by Crippen LogP contribution is 2.77. The van der Waals surface area contributed by atoms with E-state index in [1.165, 1.54) is 44.9 Å². The van der Waals surface area contributed by atoms with Crippen LogP contribution in [0.1, 0.15) is 98.8 Å². The molecule has 4 heteroatoms. The zero-order valence-electron chi connectivity index (χ0n) is 23.9. The first-order chi connectivity index (χ1) is 16.9. The van der Waals surface area contributed by atoms with Gasteiger partial charge in [-0.25, -0.2) is 0 Å². The molecule has 4 N–H and O–H groups in total. The fraction of sp³-hybridized carbons (Fsp3) is 0.938. The van der Waals surface area contributed by atoms with E-state index in [9.17, 15) is 15.3 Å². The van der Waals surface area contributed by atoms with Crippen LogP contribution < -0.4 is 5.32 Å². The highest BCUT2D eigenvalue weighted by atomic mass is 16.3. The van der Waals surface area contributed by atoms with E-state index in [1.54, 1.807) is 0 Å². The maximum absolute atomic E-state index is 10.7. The minimum Gasteiger partial charge on any atom is -0.396 e. The van der Waals surface area contributed by atoms with Crippen molar-refractivity contribution in [2.75, 3.05) is 26.4 Å². The lowest BCUT2D eigenvalue weighted by Crippen LogP contribution is -2.67. The molecule has 5 aliphatic rings. The van der Waals surface area contributed by atoms with E-state index < -0.39 is 0 Å². The quantitative estimate of drug-likeness (QED) is 0.360. The molecule has 0 aromatic carbocycles. The van der Waals surface area contributed by atoms with Gasteiger partial charge in [0.2, 0.25) is 0 Å². The van der Waals surface area contributed by atoms with E-state index in [0.717, 1.165) is 30.8 Å². The van der Waals surface area contributed by atoms with Gasteiger partial charge < -0.3 is 20.6 Å². The van der Waals surface area contributed by atoms with Crippen LogP contribution in [0.3, 0.4) is 0 Å². The second-order valence-electron chi connectivity index (χ2n) is 15.3. The Balaban J connectivity index is 1.49. The molecule has 10 atom stereocenters. The fourth-order valence-corrected chi connectivity index (χ4v) is 12.2. The highest BCUT2D eigenvalue weighted by molar-refractivity contribution is 5.22. The Labute approximate surface area is 220 Å². The first-order valence-electron chi connectivity index (χ1n) is 15.2. The van der Waals surface area contributed by atoms with Crippen LogP contribution in [-0.4, -0.2) is 47.7 Å². The predicted octanol–water partition coefficient (Wildman–Crippen LogP) is 5.56. The topological polar surface area (TPSA) is 72.7 Å². The molecule has 5 aliphatic carbocycles. The number of rotatable bonds is 6. The number of nitrogens with one attached hydrogen (secondary N) is 1. The standard InChI is InChI=1S/C32H55NO3/c1-21(19-35)22-9-14-32(20-36)16-15-30(5)23(27(22)32)7-8-25-29(4)12-11-26(33-17-18-34)28(2,3)24(29)10-13-31(25,30)6/h22-27,33-36H,1,7-20H2,2-6H3/t22-,23?,24?,25?,26?,27?,29-,30+,31+,32+/m0/s1. The summed E-state index contributed by atoms with van der Waals surface area (Å²) in [4.78, 5) is 0. The average molecular weight is 502 g/mol. The molecular formula is C32H55NO3. The molecule has 0 aromatic heterocycles. The summed E-state index contributed by atoms with van der Waals surface area (Å²) in [5, 5.41) is 33.9. The molecule has 0 spiro atoms. The molecule has 5 unspecified atom stereocenters. The summed E-state index contributed by atoms with van der Waals surface area (Å²) in [5.74, 6) is 2.91. The third-order valence-corrected chi connectivity index (χ3v) is 14.2. The van der Waals surface area contributed by atoms with Crippen LogP contribution in [0.2, 0.25) is 0 Å².